The molecular weight excluding hydrogens is 354 g/mol. The third-order valence-corrected chi connectivity index (χ3v) is 4.35. The molecule has 140 valence electrons. The minimum atomic E-state index is -0.882. The summed E-state index contributed by atoms with van der Waals surface area (Å²) in [4.78, 5) is 12.2. The molecule has 4 N–H and O–H groups in total. The van der Waals surface area contributed by atoms with Gasteiger partial charge < -0.3 is 25.8 Å². The van der Waals surface area contributed by atoms with Crippen molar-refractivity contribution >= 4 is 24.1 Å². The van der Waals surface area contributed by atoms with E-state index in [1.165, 1.54) is 0 Å². The van der Waals surface area contributed by atoms with E-state index in [-0.39, 0.29) is 25.0 Å². The number of carbonyl (C=O) groups is 1. The van der Waals surface area contributed by atoms with Crippen LogP contribution < -0.4 is 20.7 Å². The summed E-state index contributed by atoms with van der Waals surface area (Å²) < 4.78 is 5.33. The second-order valence-corrected chi connectivity index (χ2v) is 6.24. The van der Waals surface area contributed by atoms with Crippen LogP contribution in [0.15, 0.2) is 48.5 Å². The first-order valence-corrected chi connectivity index (χ1v) is 8.31. The molecule has 0 bridgehead atoms. The second kappa shape index (κ2) is 8.89. The number of carbonyl (C=O) groups excluding carboxylic acids is 1. The highest BCUT2D eigenvalue weighted by molar-refractivity contribution is 5.92. The van der Waals surface area contributed by atoms with Crippen molar-refractivity contribution in [2.75, 3.05) is 32.1 Å². The van der Waals surface area contributed by atoms with Crippen molar-refractivity contribution in [3.63, 3.8) is 0 Å². The molecule has 2 aromatic carbocycles. The SMILES string of the molecule is COc1ccc(-c2ccccc2)cc1NC(=O)NCC1(O)CCNC1.Cl. The van der Waals surface area contributed by atoms with Crippen molar-refractivity contribution in [1.82, 2.24) is 10.6 Å². The number of benzene rings is 2. The van der Waals surface area contributed by atoms with E-state index in [4.69, 9.17) is 4.74 Å². The average Bonchev–Trinajstić information content (AvgIpc) is 3.08. The molecule has 2 amide bonds. The predicted octanol–water partition coefficient (Wildman–Crippen LogP) is 2.63. The van der Waals surface area contributed by atoms with Crippen LogP contribution in [0.4, 0.5) is 10.5 Å². The average molecular weight is 378 g/mol. The number of hydrogen-bond donors (Lipinski definition) is 4. The maximum absolute atomic E-state index is 12.2. The lowest BCUT2D eigenvalue weighted by Gasteiger charge is -2.22. The minimum Gasteiger partial charge on any atom is -0.495 e. The predicted molar refractivity (Wildman–Crippen MR) is 105 cm³/mol. The summed E-state index contributed by atoms with van der Waals surface area (Å²) in [6, 6.07) is 15.2. The van der Waals surface area contributed by atoms with Gasteiger partial charge in [-0.1, -0.05) is 36.4 Å². The number of β-amino-alcohol motifs (C(OH)–C–C–N with tert-alkyl or cyclic N) is 1. The lowest BCUT2D eigenvalue weighted by Crippen LogP contribution is -2.45. The second-order valence-electron chi connectivity index (χ2n) is 6.24. The van der Waals surface area contributed by atoms with Crippen LogP contribution in [-0.4, -0.2) is 43.5 Å². The van der Waals surface area contributed by atoms with Gasteiger partial charge in [-0.15, -0.1) is 12.4 Å². The molecule has 3 rings (SSSR count). The molecule has 0 aliphatic carbocycles. The minimum absolute atomic E-state index is 0. The maximum atomic E-state index is 12.2. The van der Waals surface area contributed by atoms with Crippen LogP contribution in [0.5, 0.6) is 5.75 Å². The van der Waals surface area contributed by atoms with Gasteiger partial charge in [-0.2, -0.15) is 0 Å². The van der Waals surface area contributed by atoms with Gasteiger partial charge in [0, 0.05) is 13.1 Å². The van der Waals surface area contributed by atoms with Crippen LogP contribution in [0.3, 0.4) is 0 Å². The van der Waals surface area contributed by atoms with Crippen LogP contribution in [0.2, 0.25) is 0 Å². The zero-order chi connectivity index (χ0) is 17.7. The van der Waals surface area contributed by atoms with Gasteiger partial charge in [0.1, 0.15) is 5.75 Å². The first kappa shape index (κ1) is 20.0. The zero-order valence-electron chi connectivity index (χ0n) is 14.6. The van der Waals surface area contributed by atoms with Crippen molar-refractivity contribution in [1.29, 1.82) is 0 Å². The van der Waals surface area contributed by atoms with E-state index in [1.807, 2.05) is 48.5 Å². The molecule has 0 radical (unpaired) electrons. The highest BCUT2D eigenvalue weighted by Crippen LogP contribution is 2.30. The lowest BCUT2D eigenvalue weighted by molar-refractivity contribution is 0.0640. The first-order valence-electron chi connectivity index (χ1n) is 8.31. The highest BCUT2D eigenvalue weighted by atomic mass is 35.5. The van der Waals surface area contributed by atoms with Crippen molar-refractivity contribution in [3.8, 4) is 16.9 Å². The number of hydrogen-bond acceptors (Lipinski definition) is 4. The summed E-state index contributed by atoms with van der Waals surface area (Å²) in [6.07, 6.45) is 0.625. The molecule has 1 aliphatic rings. The number of urea groups is 1. The number of ether oxygens (including phenoxy) is 1. The van der Waals surface area contributed by atoms with Crippen LogP contribution in [0.1, 0.15) is 6.42 Å². The number of methoxy groups -OCH3 is 1. The summed E-state index contributed by atoms with van der Waals surface area (Å²) >= 11 is 0. The van der Waals surface area contributed by atoms with Gasteiger partial charge in [0.05, 0.1) is 18.4 Å². The van der Waals surface area contributed by atoms with Crippen molar-refractivity contribution in [2.45, 2.75) is 12.0 Å². The van der Waals surface area contributed by atoms with Crippen LogP contribution in [-0.2, 0) is 0 Å². The van der Waals surface area contributed by atoms with Gasteiger partial charge in [-0.05, 0) is 36.2 Å². The fourth-order valence-corrected chi connectivity index (χ4v) is 2.91. The quantitative estimate of drug-likeness (QED) is 0.645. The Bertz CT molecular complexity index is 734. The van der Waals surface area contributed by atoms with Crippen molar-refractivity contribution < 1.29 is 14.6 Å². The largest absolute Gasteiger partial charge is 0.495 e. The van der Waals surface area contributed by atoms with Gasteiger partial charge in [0.2, 0.25) is 0 Å². The third kappa shape index (κ3) is 4.88. The van der Waals surface area contributed by atoms with E-state index in [2.05, 4.69) is 16.0 Å². The summed E-state index contributed by atoms with van der Waals surface area (Å²) in [5.74, 6) is 0.580. The van der Waals surface area contributed by atoms with Gasteiger partial charge in [0.25, 0.3) is 0 Å². The van der Waals surface area contributed by atoms with Gasteiger partial charge in [-0.3, -0.25) is 0 Å². The molecule has 1 saturated heterocycles. The smallest absolute Gasteiger partial charge is 0.319 e. The van der Waals surface area contributed by atoms with Crippen LogP contribution in [0, 0.1) is 0 Å². The Hall–Kier alpha value is -2.28. The molecule has 0 spiro atoms. The van der Waals surface area contributed by atoms with Crippen LogP contribution in [0.25, 0.3) is 11.1 Å². The Kier molecular flexibility index (Phi) is 6.85. The van der Waals surface area contributed by atoms with E-state index in [1.54, 1.807) is 7.11 Å². The third-order valence-electron chi connectivity index (χ3n) is 4.35. The molecule has 1 heterocycles. The zero-order valence-corrected chi connectivity index (χ0v) is 15.4. The van der Waals surface area contributed by atoms with Crippen molar-refractivity contribution in [2.24, 2.45) is 0 Å². The van der Waals surface area contributed by atoms with Gasteiger partial charge in [-0.25, -0.2) is 4.79 Å². The van der Waals surface area contributed by atoms with E-state index in [0.29, 0.717) is 24.4 Å². The van der Waals surface area contributed by atoms with Gasteiger partial charge >= 0.3 is 6.03 Å². The first-order chi connectivity index (χ1) is 12.1. The Morgan fingerprint density at radius 2 is 2.00 bits per heavy atom. The molecule has 7 heteroatoms. The number of amides is 2. The molecule has 1 aliphatic heterocycles. The number of anilines is 1. The van der Waals surface area contributed by atoms with Crippen LogP contribution >= 0.6 is 12.4 Å². The summed E-state index contributed by atoms with van der Waals surface area (Å²) in [5, 5.41) is 18.9. The maximum Gasteiger partial charge on any atom is 0.319 e. The molecule has 6 nitrogen and oxygen atoms in total. The molecule has 2 aromatic rings. The van der Waals surface area contributed by atoms with E-state index in [9.17, 15) is 9.90 Å². The molecule has 1 atom stereocenters. The number of aliphatic hydroxyl groups is 1. The molecule has 1 fully saturated rings. The Morgan fingerprint density at radius 1 is 1.23 bits per heavy atom. The fraction of sp³-hybridized carbons (Fsp3) is 0.316. The number of halogens is 1. The molecule has 0 saturated carbocycles. The monoisotopic (exact) mass is 377 g/mol. The standard InChI is InChI=1S/C19H23N3O3.ClH/c1-25-17-8-7-15(14-5-3-2-4-6-14)11-16(17)22-18(23)21-13-19(24)9-10-20-12-19;/h2-8,11,20,24H,9-10,12-13H2,1H3,(H2,21,22,23);1H. The molecule has 0 aromatic heterocycles. The summed E-state index contributed by atoms with van der Waals surface area (Å²) in [6.45, 7) is 1.44. The van der Waals surface area contributed by atoms with E-state index in [0.717, 1.165) is 17.7 Å². The van der Waals surface area contributed by atoms with Gasteiger partial charge in [0.15, 0.2) is 0 Å². The fourth-order valence-electron chi connectivity index (χ4n) is 2.91. The Balaban J connectivity index is 0.00000243. The molecule has 1 unspecified atom stereocenters. The number of nitrogens with one attached hydrogen (secondary N) is 3. The normalized spacial score (nSPS) is 18.7. The summed E-state index contributed by atoms with van der Waals surface area (Å²) in [7, 11) is 1.56. The molecular formula is C19H24ClN3O3. The van der Waals surface area contributed by atoms with Crippen molar-refractivity contribution in [3.05, 3.63) is 48.5 Å². The number of rotatable bonds is 5. The highest BCUT2D eigenvalue weighted by Gasteiger charge is 2.31. The lowest BCUT2D eigenvalue weighted by atomic mass is 10.0. The molecule has 26 heavy (non-hydrogen) atoms. The van der Waals surface area contributed by atoms with E-state index >= 15 is 0 Å². The summed E-state index contributed by atoms with van der Waals surface area (Å²) in [5.41, 5.74) is 1.74. The Labute approximate surface area is 159 Å². The van der Waals surface area contributed by atoms with E-state index < -0.39 is 5.60 Å². The Morgan fingerprint density at radius 3 is 2.65 bits per heavy atom. The topological polar surface area (TPSA) is 82.6 Å².